The number of halogens is 1. The number of aliphatic hydroxyl groups excluding tert-OH is 1. The molecule has 6 heteroatoms. The van der Waals surface area contributed by atoms with Gasteiger partial charge in [0, 0.05) is 7.11 Å². The monoisotopic (exact) mass is 281 g/mol. The number of anilines is 1. The standard InChI is InChI=1S/C14H16FNO4/c1-19-7-8-20-10-14(18)16-13-5-4-12(15)9-11(13)3-2-6-17/h4-5,9,17H,6-8,10H2,1H3,(H,16,18). The summed E-state index contributed by atoms with van der Waals surface area (Å²) in [6.07, 6.45) is 0. The fourth-order valence-corrected chi connectivity index (χ4v) is 1.36. The topological polar surface area (TPSA) is 67.8 Å². The fraction of sp³-hybridized carbons (Fsp3) is 0.357. The number of methoxy groups -OCH3 is 1. The Labute approximate surface area is 116 Å². The molecule has 0 spiro atoms. The molecule has 5 nitrogen and oxygen atoms in total. The highest BCUT2D eigenvalue weighted by Gasteiger charge is 2.07. The smallest absolute Gasteiger partial charge is 0.250 e. The predicted molar refractivity (Wildman–Crippen MR) is 71.7 cm³/mol. The molecule has 0 unspecified atom stereocenters. The molecule has 0 atom stereocenters. The summed E-state index contributed by atoms with van der Waals surface area (Å²) in [6.45, 7) is 0.235. The second kappa shape index (κ2) is 9.04. The summed E-state index contributed by atoms with van der Waals surface area (Å²) >= 11 is 0. The molecular formula is C14H16FNO4. The Kier molecular flexibility index (Phi) is 7.29. The number of rotatable bonds is 6. The normalized spacial score (nSPS) is 9.75. The van der Waals surface area contributed by atoms with Crippen molar-refractivity contribution in [1.82, 2.24) is 0 Å². The molecule has 2 N–H and O–H groups in total. The summed E-state index contributed by atoms with van der Waals surface area (Å²) in [6, 6.07) is 3.80. The van der Waals surface area contributed by atoms with Gasteiger partial charge < -0.3 is 19.9 Å². The molecule has 1 aromatic carbocycles. The van der Waals surface area contributed by atoms with Gasteiger partial charge in [-0.3, -0.25) is 4.79 Å². The van der Waals surface area contributed by atoms with E-state index in [0.29, 0.717) is 24.5 Å². The van der Waals surface area contributed by atoms with Gasteiger partial charge in [-0.05, 0) is 18.2 Å². The first-order chi connectivity index (χ1) is 9.67. The minimum atomic E-state index is -0.471. The molecule has 0 heterocycles. The fourth-order valence-electron chi connectivity index (χ4n) is 1.36. The minimum Gasteiger partial charge on any atom is -0.384 e. The number of carbonyl (C=O) groups excluding carboxylic acids is 1. The molecule has 0 radical (unpaired) electrons. The summed E-state index contributed by atoms with van der Waals surface area (Å²) in [4.78, 5) is 11.6. The lowest BCUT2D eigenvalue weighted by atomic mass is 10.1. The Morgan fingerprint density at radius 3 is 2.95 bits per heavy atom. The largest absolute Gasteiger partial charge is 0.384 e. The van der Waals surface area contributed by atoms with E-state index in [4.69, 9.17) is 14.6 Å². The van der Waals surface area contributed by atoms with Gasteiger partial charge in [0.1, 0.15) is 19.0 Å². The second-order valence-corrected chi connectivity index (χ2v) is 3.74. The van der Waals surface area contributed by atoms with Crippen LogP contribution in [0.15, 0.2) is 18.2 Å². The average molecular weight is 281 g/mol. The van der Waals surface area contributed by atoms with Crippen LogP contribution in [0.4, 0.5) is 10.1 Å². The molecule has 1 rings (SSSR count). The number of hydrogen-bond donors (Lipinski definition) is 2. The van der Waals surface area contributed by atoms with E-state index in [-0.39, 0.29) is 19.1 Å². The highest BCUT2D eigenvalue weighted by atomic mass is 19.1. The van der Waals surface area contributed by atoms with Crippen LogP contribution in [-0.4, -0.2) is 44.6 Å². The van der Waals surface area contributed by atoms with Gasteiger partial charge in [-0.25, -0.2) is 4.39 Å². The number of benzene rings is 1. The van der Waals surface area contributed by atoms with Gasteiger partial charge in [0.25, 0.3) is 0 Å². The van der Waals surface area contributed by atoms with Crippen molar-refractivity contribution in [3.63, 3.8) is 0 Å². The van der Waals surface area contributed by atoms with Crippen LogP contribution in [0.3, 0.4) is 0 Å². The summed E-state index contributed by atoms with van der Waals surface area (Å²) in [5.74, 6) is 4.13. The van der Waals surface area contributed by atoms with Crippen LogP contribution in [0.2, 0.25) is 0 Å². The van der Waals surface area contributed by atoms with E-state index in [9.17, 15) is 9.18 Å². The Morgan fingerprint density at radius 2 is 2.25 bits per heavy atom. The van der Waals surface area contributed by atoms with Crippen molar-refractivity contribution < 1.29 is 23.8 Å². The Hall–Kier alpha value is -1.94. The molecule has 1 aromatic rings. The number of ether oxygens (including phenoxy) is 2. The zero-order valence-corrected chi connectivity index (χ0v) is 11.1. The molecule has 0 aromatic heterocycles. The van der Waals surface area contributed by atoms with E-state index >= 15 is 0 Å². The van der Waals surface area contributed by atoms with Crippen molar-refractivity contribution in [1.29, 1.82) is 0 Å². The number of carbonyl (C=O) groups is 1. The number of hydrogen-bond acceptors (Lipinski definition) is 4. The van der Waals surface area contributed by atoms with Crippen LogP contribution >= 0.6 is 0 Å². The molecular weight excluding hydrogens is 265 g/mol. The zero-order chi connectivity index (χ0) is 14.8. The molecule has 0 aliphatic carbocycles. The highest BCUT2D eigenvalue weighted by Crippen LogP contribution is 2.15. The highest BCUT2D eigenvalue weighted by molar-refractivity contribution is 5.93. The van der Waals surface area contributed by atoms with Gasteiger partial charge in [-0.1, -0.05) is 11.8 Å². The maximum absolute atomic E-state index is 13.1. The van der Waals surface area contributed by atoms with Crippen LogP contribution in [-0.2, 0) is 14.3 Å². The van der Waals surface area contributed by atoms with Crippen molar-refractivity contribution in [2.24, 2.45) is 0 Å². The molecule has 0 bridgehead atoms. The predicted octanol–water partition coefficient (Wildman–Crippen LogP) is 0.771. The third-order valence-corrected chi connectivity index (χ3v) is 2.22. The number of aliphatic hydroxyl groups is 1. The summed E-state index contributed by atoms with van der Waals surface area (Å²) in [7, 11) is 1.54. The summed E-state index contributed by atoms with van der Waals surface area (Å²) in [5, 5.41) is 11.2. The van der Waals surface area contributed by atoms with Gasteiger partial charge >= 0.3 is 0 Å². The van der Waals surface area contributed by atoms with Gasteiger partial charge in [0.05, 0.1) is 24.5 Å². The third-order valence-electron chi connectivity index (χ3n) is 2.22. The SMILES string of the molecule is COCCOCC(=O)Nc1ccc(F)cc1C#CCO. The Bertz CT molecular complexity index is 508. The quantitative estimate of drug-likeness (QED) is 0.597. The molecule has 20 heavy (non-hydrogen) atoms. The van der Waals surface area contributed by atoms with Crippen molar-refractivity contribution in [3.05, 3.63) is 29.6 Å². The molecule has 1 amide bonds. The Balaban J connectivity index is 2.64. The van der Waals surface area contributed by atoms with Gasteiger partial charge in [0.2, 0.25) is 5.91 Å². The van der Waals surface area contributed by atoms with Gasteiger partial charge in [-0.2, -0.15) is 0 Å². The van der Waals surface area contributed by atoms with Crippen LogP contribution in [0.5, 0.6) is 0 Å². The van der Waals surface area contributed by atoms with Gasteiger partial charge in [0.15, 0.2) is 0 Å². The number of amides is 1. The zero-order valence-electron chi connectivity index (χ0n) is 11.1. The van der Waals surface area contributed by atoms with Crippen molar-refractivity contribution in [2.45, 2.75) is 0 Å². The number of nitrogens with one attached hydrogen (secondary N) is 1. The van der Waals surface area contributed by atoms with Crippen LogP contribution in [0.1, 0.15) is 5.56 Å². The van der Waals surface area contributed by atoms with E-state index in [1.165, 1.54) is 25.3 Å². The van der Waals surface area contributed by atoms with Crippen molar-refractivity contribution in [2.75, 3.05) is 38.9 Å². The first-order valence-corrected chi connectivity index (χ1v) is 5.93. The molecule has 0 fully saturated rings. The lowest BCUT2D eigenvalue weighted by molar-refractivity contribution is -0.121. The molecule has 0 aliphatic heterocycles. The van der Waals surface area contributed by atoms with E-state index in [1.54, 1.807) is 0 Å². The van der Waals surface area contributed by atoms with Crippen molar-refractivity contribution >= 4 is 11.6 Å². The first kappa shape index (κ1) is 16.1. The second-order valence-electron chi connectivity index (χ2n) is 3.74. The van der Waals surface area contributed by atoms with Gasteiger partial charge in [-0.15, -0.1) is 0 Å². The maximum atomic E-state index is 13.1. The summed E-state index contributed by atoms with van der Waals surface area (Å²) < 4.78 is 23.0. The molecule has 0 saturated carbocycles. The van der Waals surface area contributed by atoms with E-state index in [2.05, 4.69) is 17.2 Å². The molecule has 0 aliphatic rings. The van der Waals surface area contributed by atoms with E-state index in [0.717, 1.165) is 0 Å². The van der Waals surface area contributed by atoms with E-state index < -0.39 is 5.82 Å². The van der Waals surface area contributed by atoms with Crippen LogP contribution in [0, 0.1) is 17.7 Å². The first-order valence-electron chi connectivity index (χ1n) is 5.93. The average Bonchev–Trinajstić information content (AvgIpc) is 2.44. The summed E-state index contributed by atoms with van der Waals surface area (Å²) in [5.41, 5.74) is 0.664. The van der Waals surface area contributed by atoms with Crippen LogP contribution in [0.25, 0.3) is 0 Å². The third kappa shape index (κ3) is 5.80. The van der Waals surface area contributed by atoms with Crippen molar-refractivity contribution in [3.8, 4) is 11.8 Å². The molecule has 108 valence electrons. The Morgan fingerprint density at radius 1 is 1.45 bits per heavy atom. The molecule has 0 saturated heterocycles. The minimum absolute atomic E-state index is 0.131. The maximum Gasteiger partial charge on any atom is 0.250 e. The van der Waals surface area contributed by atoms with E-state index in [1.807, 2.05) is 0 Å². The lowest BCUT2D eigenvalue weighted by Crippen LogP contribution is -2.20. The lowest BCUT2D eigenvalue weighted by Gasteiger charge is -2.08. The van der Waals surface area contributed by atoms with Crippen LogP contribution < -0.4 is 5.32 Å².